The molecule has 3 aromatic carbocycles. The maximum Gasteiger partial charge on any atom is 0.530 e. The maximum absolute atomic E-state index is 12.1. The summed E-state index contributed by atoms with van der Waals surface area (Å²) in [5.41, 5.74) is 0. The van der Waals surface area contributed by atoms with Crippen molar-refractivity contribution >= 4 is 18.6 Å². The van der Waals surface area contributed by atoms with Crippen molar-refractivity contribution in [3.8, 4) is 11.5 Å². The molecule has 3 rings (SSSR count). The van der Waals surface area contributed by atoms with Crippen molar-refractivity contribution in [2.75, 3.05) is 0 Å². The van der Waals surface area contributed by atoms with Crippen LogP contribution in [0.2, 0.25) is 0 Å². The SMILES string of the molecule is CC(Oc1cccc2ccccc12)OP(=O)(O)Oc1ccccc1. The van der Waals surface area contributed by atoms with Gasteiger partial charge in [0, 0.05) is 5.39 Å². The minimum absolute atomic E-state index is 0.251. The molecule has 0 amide bonds. The van der Waals surface area contributed by atoms with Gasteiger partial charge in [-0.15, -0.1) is 0 Å². The fourth-order valence-corrected chi connectivity index (χ4v) is 3.17. The van der Waals surface area contributed by atoms with Gasteiger partial charge < -0.3 is 9.26 Å². The molecule has 124 valence electrons. The summed E-state index contributed by atoms with van der Waals surface area (Å²) in [7, 11) is -4.29. The van der Waals surface area contributed by atoms with Gasteiger partial charge in [-0.1, -0.05) is 54.6 Å². The van der Waals surface area contributed by atoms with Crippen molar-refractivity contribution in [2.45, 2.75) is 13.2 Å². The van der Waals surface area contributed by atoms with Crippen LogP contribution < -0.4 is 9.26 Å². The van der Waals surface area contributed by atoms with Crippen LogP contribution in [0.3, 0.4) is 0 Å². The van der Waals surface area contributed by atoms with Crippen LogP contribution in [0.25, 0.3) is 10.8 Å². The first-order valence-electron chi connectivity index (χ1n) is 7.44. The van der Waals surface area contributed by atoms with Gasteiger partial charge in [-0.3, -0.25) is 4.89 Å². The summed E-state index contributed by atoms with van der Waals surface area (Å²) in [4.78, 5) is 9.86. The Morgan fingerprint density at radius 1 is 0.917 bits per heavy atom. The lowest BCUT2D eigenvalue weighted by molar-refractivity contribution is 0.00215. The molecule has 0 fully saturated rings. The molecule has 6 heteroatoms. The number of ether oxygens (including phenoxy) is 1. The largest absolute Gasteiger partial charge is 0.530 e. The number of benzene rings is 3. The lowest BCUT2D eigenvalue weighted by Crippen LogP contribution is -2.16. The average molecular weight is 344 g/mol. The van der Waals surface area contributed by atoms with E-state index in [0.717, 1.165) is 10.8 Å². The predicted molar refractivity (Wildman–Crippen MR) is 92.0 cm³/mol. The van der Waals surface area contributed by atoms with Crippen LogP contribution in [-0.2, 0) is 9.09 Å². The Hall–Kier alpha value is -2.33. The van der Waals surface area contributed by atoms with Gasteiger partial charge in [0.2, 0.25) is 6.29 Å². The monoisotopic (exact) mass is 344 g/mol. The van der Waals surface area contributed by atoms with E-state index >= 15 is 0 Å². The highest BCUT2D eigenvalue weighted by Crippen LogP contribution is 2.45. The molecule has 0 saturated carbocycles. The van der Waals surface area contributed by atoms with Gasteiger partial charge in [0.1, 0.15) is 11.5 Å². The molecule has 0 bridgehead atoms. The quantitative estimate of drug-likeness (QED) is 0.516. The summed E-state index contributed by atoms with van der Waals surface area (Å²) in [5, 5.41) is 1.90. The van der Waals surface area contributed by atoms with E-state index in [1.807, 2.05) is 36.4 Å². The van der Waals surface area contributed by atoms with Gasteiger partial charge in [0.25, 0.3) is 0 Å². The molecule has 5 nitrogen and oxygen atoms in total. The summed E-state index contributed by atoms with van der Waals surface area (Å²) in [6.07, 6.45) is -0.963. The van der Waals surface area contributed by atoms with Gasteiger partial charge in [0.15, 0.2) is 0 Å². The van der Waals surface area contributed by atoms with Crippen molar-refractivity contribution in [2.24, 2.45) is 0 Å². The van der Waals surface area contributed by atoms with E-state index in [4.69, 9.17) is 13.8 Å². The van der Waals surface area contributed by atoms with Gasteiger partial charge in [0.05, 0.1) is 0 Å². The van der Waals surface area contributed by atoms with Crippen LogP contribution in [0.1, 0.15) is 6.92 Å². The molecular weight excluding hydrogens is 327 g/mol. The fraction of sp³-hybridized carbons (Fsp3) is 0.111. The summed E-state index contributed by atoms with van der Waals surface area (Å²) in [5.74, 6) is 0.820. The van der Waals surface area contributed by atoms with Gasteiger partial charge in [-0.2, -0.15) is 0 Å². The first-order chi connectivity index (χ1) is 11.5. The minimum atomic E-state index is -4.29. The van der Waals surface area contributed by atoms with Crippen LogP contribution in [0, 0.1) is 0 Å². The first-order valence-corrected chi connectivity index (χ1v) is 8.93. The zero-order valence-corrected chi connectivity index (χ0v) is 13.9. The molecule has 2 atom stereocenters. The Morgan fingerprint density at radius 3 is 2.38 bits per heavy atom. The van der Waals surface area contributed by atoms with Crippen molar-refractivity contribution in [1.82, 2.24) is 0 Å². The number of para-hydroxylation sites is 1. The number of phosphoric acid groups is 1. The molecule has 0 aromatic heterocycles. The molecule has 0 saturated heterocycles. The molecule has 0 heterocycles. The molecular formula is C18H17O5P. The predicted octanol–water partition coefficient (Wildman–Crippen LogP) is 4.76. The second-order valence-electron chi connectivity index (χ2n) is 5.14. The highest BCUT2D eigenvalue weighted by molar-refractivity contribution is 7.47. The van der Waals surface area contributed by atoms with E-state index < -0.39 is 14.1 Å². The number of fused-ring (bicyclic) bond motifs is 1. The average Bonchev–Trinajstić information content (AvgIpc) is 2.55. The fourth-order valence-electron chi connectivity index (χ4n) is 2.32. The van der Waals surface area contributed by atoms with E-state index in [-0.39, 0.29) is 5.75 Å². The normalized spacial score (nSPS) is 14.8. The smallest absolute Gasteiger partial charge is 0.464 e. The zero-order chi connectivity index (χ0) is 17.0. The van der Waals surface area contributed by atoms with Crippen molar-refractivity contribution in [1.29, 1.82) is 0 Å². The number of hydrogen-bond acceptors (Lipinski definition) is 4. The third-order valence-corrected chi connectivity index (χ3v) is 4.29. The second-order valence-corrected chi connectivity index (χ2v) is 6.47. The molecule has 0 aliphatic heterocycles. The first kappa shape index (κ1) is 16.5. The van der Waals surface area contributed by atoms with E-state index in [1.165, 1.54) is 0 Å². The second kappa shape index (κ2) is 7.05. The molecule has 2 unspecified atom stereocenters. The van der Waals surface area contributed by atoms with Crippen molar-refractivity contribution in [3.63, 3.8) is 0 Å². The highest BCUT2D eigenvalue weighted by atomic mass is 31.2. The Balaban J connectivity index is 1.70. The lowest BCUT2D eigenvalue weighted by atomic mass is 10.1. The molecule has 3 aromatic rings. The highest BCUT2D eigenvalue weighted by Gasteiger charge is 2.27. The van der Waals surface area contributed by atoms with Crippen LogP contribution in [0.4, 0.5) is 0 Å². The summed E-state index contributed by atoms with van der Waals surface area (Å²) in [6.45, 7) is 1.54. The Kier molecular flexibility index (Phi) is 4.86. The molecule has 0 aliphatic carbocycles. The van der Waals surface area contributed by atoms with Gasteiger partial charge in [-0.05, 0) is 30.5 Å². The van der Waals surface area contributed by atoms with Crippen molar-refractivity contribution < 1.29 is 23.2 Å². The van der Waals surface area contributed by atoms with E-state index in [1.54, 1.807) is 43.3 Å². The van der Waals surface area contributed by atoms with Crippen LogP contribution in [0.15, 0.2) is 72.8 Å². The molecule has 0 spiro atoms. The van der Waals surface area contributed by atoms with E-state index in [9.17, 15) is 9.46 Å². The third kappa shape index (κ3) is 4.15. The number of hydrogen-bond donors (Lipinski definition) is 1. The van der Waals surface area contributed by atoms with E-state index in [2.05, 4.69) is 0 Å². The topological polar surface area (TPSA) is 65.0 Å². The number of phosphoric ester groups is 1. The van der Waals surface area contributed by atoms with Gasteiger partial charge in [-0.25, -0.2) is 9.09 Å². The summed E-state index contributed by atoms with van der Waals surface area (Å²) in [6, 6.07) is 21.6. The zero-order valence-electron chi connectivity index (χ0n) is 13.0. The molecule has 1 N–H and O–H groups in total. The van der Waals surface area contributed by atoms with Crippen LogP contribution in [0.5, 0.6) is 11.5 Å². The van der Waals surface area contributed by atoms with Crippen molar-refractivity contribution in [3.05, 3.63) is 72.8 Å². The summed E-state index contributed by atoms with van der Waals surface area (Å²) < 4.78 is 27.8. The maximum atomic E-state index is 12.1. The lowest BCUT2D eigenvalue weighted by Gasteiger charge is -2.19. The number of rotatable bonds is 6. The van der Waals surface area contributed by atoms with E-state index in [0.29, 0.717) is 5.75 Å². The summed E-state index contributed by atoms with van der Waals surface area (Å²) >= 11 is 0. The molecule has 0 aliphatic rings. The third-order valence-electron chi connectivity index (χ3n) is 3.29. The van der Waals surface area contributed by atoms with Gasteiger partial charge >= 0.3 is 7.82 Å². The van der Waals surface area contributed by atoms with Crippen LogP contribution >= 0.6 is 7.82 Å². The molecule has 24 heavy (non-hydrogen) atoms. The Labute approximate surface area is 140 Å². The van der Waals surface area contributed by atoms with Crippen LogP contribution in [-0.4, -0.2) is 11.2 Å². The Bertz CT molecular complexity index is 860. The molecule has 0 radical (unpaired) electrons. The minimum Gasteiger partial charge on any atom is -0.464 e. The Morgan fingerprint density at radius 2 is 1.58 bits per heavy atom. The standard InChI is InChI=1S/C18H17O5P/c1-14(22-24(19,20)23-16-10-3-2-4-11-16)21-18-13-7-9-15-8-5-6-12-17(15)18/h2-14H,1H3,(H,19,20).